The second-order valence-corrected chi connectivity index (χ2v) is 6.99. The molecule has 0 amide bonds. The second-order valence-electron chi connectivity index (χ2n) is 6.56. The number of ether oxygens (including phenoxy) is 1. The fraction of sp³-hybridized carbons (Fsp3) is 0.400. The predicted molar refractivity (Wildman–Crippen MR) is 126 cm³/mol. The van der Waals surface area contributed by atoms with Crippen molar-refractivity contribution in [3.63, 3.8) is 0 Å². The summed E-state index contributed by atoms with van der Waals surface area (Å²) in [6, 6.07) is 11.9. The van der Waals surface area contributed by atoms with E-state index in [-0.39, 0.29) is 30.1 Å². The lowest BCUT2D eigenvalue weighted by atomic mass is 10.2. The van der Waals surface area contributed by atoms with Crippen molar-refractivity contribution in [1.29, 1.82) is 0 Å². The highest BCUT2D eigenvalue weighted by Gasteiger charge is 2.17. The Balaban J connectivity index is 0.00000280. The second kappa shape index (κ2) is 11.4. The third-order valence-corrected chi connectivity index (χ3v) is 4.68. The van der Waals surface area contributed by atoms with E-state index in [2.05, 4.69) is 44.6 Å². The highest BCUT2D eigenvalue weighted by atomic mass is 127. The van der Waals surface area contributed by atoms with E-state index in [0.29, 0.717) is 13.1 Å². The van der Waals surface area contributed by atoms with E-state index < -0.39 is 0 Å². The average molecular weight is 516 g/mol. The van der Waals surface area contributed by atoms with E-state index in [1.165, 1.54) is 0 Å². The van der Waals surface area contributed by atoms with Gasteiger partial charge in [-0.25, -0.2) is 4.98 Å². The Bertz CT molecular complexity index is 754. The molecule has 1 unspecified atom stereocenters. The number of guanidine groups is 1. The Morgan fingerprint density at radius 3 is 2.46 bits per heavy atom. The summed E-state index contributed by atoms with van der Waals surface area (Å²) in [7, 11) is 1.76. The number of rotatable bonds is 5. The number of aliphatic imine (C=N–C) groups is 1. The molecule has 2 aromatic rings. The summed E-state index contributed by atoms with van der Waals surface area (Å²) in [6.45, 7) is 5.95. The number of benzene rings is 1. The minimum Gasteiger partial charge on any atom is -0.375 e. The van der Waals surface area contributed by atoms with E-state index in [4.69, 9.17) is 16.3 Å². The molecule has 2 heterocycles. The highest BCUT2D eigenvalue weighted by molar-refractivity contribution is 14.0. The van der Waals surface area contributed by atoms with Crippen LogP contribution in [0, 0.1) is 0 Å². The number of hydrogen-bond acceptors (Lipinski definition) is 4. The van der Waals surface area contributed by atoms with Gasteiger partial charge in [0.1, 0.15) is 5.82 Å². The average Bonchev–Trinajstić information content (AvgIpc) is 2.70. The number of nitrogens with zero attached hydrogens (tertiary/aromatic N) is 3. The Labute approximate surface area is 188 Å². The molecule has 152 valence electrons. The molecule has 3 rings (SSSR count). The van der Waals surface area contributed by atoms with Crippen LogP contribution >= 0.6 is 35.6 Å². The first-order valence-electron chi connectivity index (χ1n) is 9.14. The highest BCUT2D eigenvalue weighted by Crippen LogP contribution is 2.15. The molecule has 1 saturated heterocycles. The Morgan fingerprint density at radius 1 is 1.18 bits per heavy atom. The normalized spacial score (nSPS) is 17.0. The summed E-state index contributed by atoms with van der Waals surface area (Å²) in [5.41, 5.74) is 2.25. The maximum atomic E-state index is 5.92. The fourth-order valence-corrected chi connectivity index (χ4v) is 3.06. The molecule has 28 heavy (non-hydrogen) atoms. The Kier molecular flexibility index (Phi) is 9.27. The van der Waals surface area contributed by atoms with Crippen LogP contribution in [0.3, 0.4) is 0 Å². The summed E-state index contributed by atoms with van der Waals surface area (Å²) in [4.78, 5) is 11.1. The Hall–Kier alpha value is -1.58. The van der Waals surface area contributed by atoms with E-state index in [0.717, 1.165) is 47.6 Å². The third kappa shape index (κ3) is 6.79. The lowest BCUT2D eigenvalue weighted by molar-refractivity contribution is 0.0529. The van der Waals surface area contributed by atoms with Crippen molar-refractivity contribution in [2.24, 2.45) is 4.99 Å². The zero-order valence-electron chi connectivity index (χ0n) is 16.2. The van der Waals surface area contributed by atoms with Crippen molar-refractivity contribution in [1.82, 2.24) is 15.6 Å². The largest absolute Gasteiger partial charge is 0.375 e. The van der Waals surface area contributed by atoms with Gasteiger partial charge in [0.05, 0.1) is 12.7 Å². The van der Waals surface area contributed by atoms with Gasteiger partial charge in [-0.2, -0.15) is 0 Å². The van der Waals surface area contributed by atoms with Gasteiger partial charge in [0.25, 0.3) is 0 Å². The lowest BCUT2D eigenvalue weighted by Gasteiger charge is -2.32. The molecule has 1 atom stereocenters. The van der Waals surface area contributed by atoms with Crippen LogP contribution in [-0.4, -0.2) is 43.8 Å². The molecule has 1 aliphatic heterocycles. The number of aromatic nitrogens is 1. The molecule has 1 aliphatic rings. The molecule has 1 aromatic heterocycles. The fourth-order valence-electron chi connectivity index (χ4n) is 2.93. The van der Waals surface area contributed by atoms with Crippen LogP contribution in [0.2, 0.25) is 5.02 Å². The third-order valence-electron chi connectivity index (χ3n) is 4.43. The molecule has 0 bridgehead atoms. The van der Waals surface area contributed by atoms with Crippen molar-refractivity contribution in [3.8, 4) is 0 Å². The molecule has 1 fully saturated rings. The molecule has 1 aromatic carbocycles. The van der Waals surface area contributed by atoms with Gasteiger partial charge in [0, 0.05) is 44.4 Å². The van der Waals surface area contributed by atoms with Crippen LogP contribution in [0.4, 0.5) is 5.82 Å². The number of nitrogens with one attached hydrogen (secondary N) is 2. The molecule has 8 heteroatoms. The molecule has 0 spiro atoms. The molecule has 0 radical (unpaired) electrons. The van der Waals surface area contributed by atoms with Gasteiger partial charge < -0.3 is 20.3 Å². The quantitative estimate of drug-likeness (QED) is 0.363. The number of pyridine rings is 1. The molecule has 0 saturated carbocycles. The first kappa shape index (κ1) is 22.7. The van der Waals surface area contributed by atoms with E-state index in [9.17, 15) is 0 Å². The number of morpholine rings is 1. The smallest absolute Gasteiger partial charge is 0.191 e. The van der Waals surface area contributed by atoms with E-state index in [1.54, 1.807) is 7.05 Å². The summed E-state index contributed by atoms with van der Waals surface area (Å²) < 4.78 is 5.59. The molecular weight excluding hydrogens is 489 g/mol. The van der Waals surface area contributed by atoms with Crippen LogP contribution in [0.25, 0.3) is 0 Å². The zero-order valence-corrected chi connectivity index (χ0v) is 19.3. The summed E-state index contributed by atoms with van der Waals surface area (Å²) in [5, 5.41) is 7.35. The van der Waals surface area contributed by atoms with Gasteiger partial charge in [-0.1, -0.05) is 29.8 Å². The minimum atomic E-state index is 0. The van der Waals surface area contributed by atoms with Gasteiger partial charge in [-0.05, 0) is 36.2 Å². The zero-order chi connectivity index (χ0) is 19.1. The standard InChI is InChI=1S/C20H26ClN5O.HI/c1-15-14-26(9-10-27-15)19-8-5-17(12-23-19)13-25-20(22-2)24-11-16-3-6-18(21)7-4-16;/h3-8,12,15H,9-11,13-14H2,1-2H3,(H2,22,24,25);1H. The van der Waals surface area contributed by atoms with Crippen molar-refractivity contribution in [2.75, 3.05) is 31.6 Å². The van der Waals surface area contributed by atoms with Gasteiger partial charge in [0.2, 0.25) is 0 Å². The van der Waals surface area contributed by atoms with Crippen LogP contribution in [0.5, 0.6) is 0 Å². The van der Waals surface area contributed by atoms with E-state index in [1.807, 2.05) is 30.5 Å². The van der Waals surface area contributed by atoms with Crippen molar-refractivity contribution in [3.05, 3.63) is 58.7 Å². The first-order chi connectivity index (χ1) is 13.1. The lowest BCUT2D eigenvalue weighted by Crippen LogP contribution is -2.41. The van der Waals surface area contributed by atoms with Crippen LogP contribution in [0.15, 0.2) is 47.6 Å². The van der Waals surface area contributed by atoms with Gasteiger partial charge in [0.15, 0.2) is 5.96 Å². The van der Waals surface area contributed by atoms with Crippen LogP contribution in [0.1, 0.15) is 18.1 Å². The van der Waals surface area contributed by atoms with Crippen molar-refractivity contribution >= 4 is 47.4 Å². The van der Waals surface area contributed by atoms with Crippen LogP contribution in [-0.2, 0) is 17.8 Å². The molecule has 2 N–H and O–H groups in total. The van der Waals surface area contributed by atoms with Crippen molar-refractivity contribution in [2.45, 2.75) is 26.1 Å². The summed E-state index contributed by atoms with van der Waals surface area (Å²) in [6.07, 6.45) is 2.16. The summed E-state index contributed by atoms with van der Waals surface area (Å²) in [5.74, 6) is 1.75. The van der Waals surface area contributed by atoms with Gasteiger partial charge >= 0.3 is 0 Å². The monoisotopic (exact) mass is 515 g/mol. The van der Waals surface area contributed by atoms with Gasteiger partial charge in [-0.15, -0.1) is 24.0 Å². The molecule has 6 nitrogen and oxygen atoms in total. The maximum Gasteiger partial charge on any atom is 0.191 e. The number of halogens is 2. The first-order valence-corrected chi connectivity index (χ1v) is 9.52. The van der Waals surface area contributed by atoms with E-state index >= 15 is 0 Å². The van der Waals surface area contributed by atoms with Gasteiger partial charge in [-0.3, -0.25) is 4.99 Å². The SMILES string of the molecule is CN=C(NCc1ccc(Cl)cc1)NCc1ccc(N2CCOC(C)C2)nc1.I. The van der Waals surface area contributed by atoms with Crippen molar-refractivity contribution < 1.29 is 4.74 Å². The number of anilines is 1. The Morgan fingerprint density at radius 2 is 1.86 bits per heavy atom. The number of hydrogen-bond donors (Lipinski definition) is 2. The molecule has 0 aliphatic carbocycles. The minimum absolute atomic E-state index is 0. The summed E-state index contributed by atoms with van der Waals surface area (Å²) >= 11 is 5.92. The maximum absolute atomic E-state index is 5.92. The molecular formula is C20H27ClIN5O. The van der Waals surface area contributed by atoms with Crippen LogP contribution < -0.4 is 15.5 Å². The predicted octanol–water partition coefficient (Wildman–Crippen LogP) is 3.44. The topological polar surface area (TPSA) is 61.8 Å².